The van der Waals surface area contributed by atoms with Gasteiger partial charge in [-0.3, -0.25) is 15.1 Å². The van der Waals surface area contributed by atoms with E-state index in [0.717, 1.165) is 33.0 Å². The van der Waals surface area contributed by atoms with Crippen molar-refractivity contribution in [1.29, 1.82) is 5.41 Å². The molecule has 3 aromatic rings. The number of carbonyl (C=O) groups is 1. The van der Waals surface area contributed by atoms with Gasteiger partial charge < -0.3 is 5.11 Å². The zero-order valence-electron chi connectivity index (χ0n) is 22.6. The highest BCUT2D eigenvalue weighted by Crippen LogP contribution is 2.51. The molecule has 194 valence electrons. The molecule has 5 heteroatoms. The zero-order valence-corrected chi connectivity index (χ0v) is 23.4. The summed E-state index contributed by atoms with van der Waals surface area (Å²) in [7, 11) is 0. The second-order valence-electron chi connectivity index (χ2n) is 11.2. The SMILES string of the molecule is CSc1ccc(C2C3=C(CC(C)(C)CC3=O)N(c3ccc(C)cc3)C(=N)/C2=C(/O)c2ccc(C)cc2)cc1. The van der Waals surface area contributed by atoms with Crippen LogP contribution in [0.4, 0.5) is 5.69 Å². The number of aryl methyl sites for hydroxylation is 2. The van der Waals surface area contributed by atoms with E-state index in [9.17, 15) is 15.3 Å². The second-order valence-corrected chi connectivity index (χ2v) is 12.0. The van der Waals surface area contributed by atoms with Crippen LogP contribution in [0.5, 0.6) is 0 Å². The van der Waals surface area contributed by atoms with Crippen molar-refractivity contribution in [3.63, 3.8) is 0 Å². The molecule has 1 atom stereocenters. The highest BCUT2D eigenvalue weighted by Gasteiger charge is 2.46. The Labute approximate surface area is 229 Å². The quantitative estimate of drug-likeness (QED) is 0.268. The summed E-state index contributed by atoms with van der Waals surface area (Å²) < 4.78 is 0. The van der Waals surface area contributed by atoms with Crippen LogP contribution in [0.2, 0.25) is 0 Å². The number of hydrogen-bond donors (Lipinski definition) is 2. The van der Waals surface area contributed by atoms with Crippen LogP contribution in [0.25, 0.3) is 5.76 Å². The Hall–Kier alpha value is -3.57. The van der Waals surface area contributed by atoms with E-state index in [0.29, 0.717) is 29.6 Å². The fourth-order valence-electron chi connectivity index (χ4n) is 5.59. The number of aliphatic hydroxyl groups excluding tert-OH is 1. The standard InChI is InChI=1S/C33H34N2O2S/c1-20-6-10-23(11-7-20)31(37)30-28(22-12-16-25(38-5)17-13-22)29-26(18-33(3,4)19-27(29)36)35(32(30)34)24-14-8-21(2)9-15-24/h6-17,28,34,37H,18-19H2,1-5H3/b31-30+,34-32?. The van der Waals surface area contributed by atoms with Crippen LogP contribution in [0.1, 0.15) is 54.9 Å². The minimum absolute atomic E-state index is 0.0373. The van der Waals surface area contributed by atoms with Gasteiger partial charge in [0.2, 0.25) is 0 Å². The number of anilines is 1. The summed E-state index contributed by atoms with van der Waals surface area (Å²) in [4.78, 5) is 17.0. The summed E-state index contributed by atoms with van der Waals surface area (Å²) >= 11 is 1.66. The molecular weight excluding hydrogens is 488 g/mol. The summed E-state index contributed by atoms with van der Waals surface area (Å²) in [6.07, 6.45) is 3.13. The number of Topliss-reactive ketones (excluding diaryl/α,β-unsaturated/α-hetero) is 1. The largest absolute Gasteiger partial charge is 0.507 e. The smallest absolute Gasteiger partial charge is 0.162 e. The lowest BCUT2D eigenvalue weighted by Crippen LogP contribution is -2.45. The summed E-state index contributed by atoms with van der Waals surface area (Å²) in [5, 5.41) is 21.4. The molecule has 2 N–H and O–H groups in total. The van der Waals surface area contributed by atoms with E-state index in [1.807, 2.05) is 97.8 Å². The van der Waals surface area contributed by atoms with Gasteiger partial charge in [-0.1, -0.05) is 73.5 Å². The van der Waals surface area contributed by atoms with Crippen LogP contribution in [-0.2, 0) is 4.79 Å². The van der Waals surface area contributed by atoms with Crippen molar-refractivity contribution in [2.45, 2.75) is 51.3 Å². The molecule has 0 amide bonds. The first-order chi connectivity index (χ1) is 18.1. The lowest BCUT2D eigenvalue weighted by molar-refractivity contribution is -0.118. The molecule has 38 heavy (non-hydrogen) atoms. The zero-order chi connectivity index (χ0) is 27.2. The minimum Gasteiger partial charge on any atom is -0.507 e. The van der Waals surface area contributed by atoms with Crippen molar-refractivity contribution in [2.75, 3.05) is 11.2 Å². The molecule has 0 aromatic heterocycles. The van der Waals surface area contributed by atoms with E-state index in [2.05, 4.69) is 13.8 Å². The lowest BCUT2D eigenvalue weighted by Gasteiger charge is -2.45. The van der Waals surface area contributed by atoms with Gasteiger partial charge in [-0.15, -0.1) is 11.8 Å². The Kier molecular flexibility index (Phi) is 6.83. The van der Waals surface area contributed by atoms with E-state index in [-0.39, 0.29) is 22.8 Å². The second kappa shape index (κ2) is 9.95. The Morgan fingerprint density at radius 2 is 1.50 bits per heavy atom. The molecule has 4 nitrogen and oxygen atoms in total. The topological polar surface area (TPSA) is 64.4 Å². The number of nitrogens with one attached hydrogen (secondary N) is 1. The van der Waals surface area contributed by atoms with Crippen molar-refractivity contribution in [3.8, 4) is 0 Å². The number of amidine groups is 1. The van der Waals surface area contributed by atoms with Gasteiger partial charge in [0.1, 0.15) is 11.6 Å². The van der Waals surface area contributed by atoms with Crippen molar-refractivity contribution in [2.24, 2.45) is 5.41 Å². The van der Waals surface area contributed by atoms with Crippen LogP contribution in [0.15, 0.2) is 94.5 Å². The molecule has 5 rings (SSSR count). The molecular formula is C33H34N2O2S. The monoisotopic (exact) mass is 522 g/mol. The minimum atomic E-state index is -0.528. The van der Waals surface area contributed by atoms with Crippen LogP contribution in [0.3, 0.4) is 0 Å². The molecule has 0 spiro atoms. The van der Waals surface area contributed by atoms with Gasteiger partial charge in [-0.2, -0.15) is 0 Å². The summed E-state index contributed by atoms with van der Waals surface area (Å²) in [5.41, 5.74) is 6.35. The van der Waals surface area contributed by atoms with Gasteiger partial charge in [0.05, 0.1) is 0 Å². The molecule has 3 aromatic carbocycles. The molecule has 0 saturated heterocycles. The molecule has 1 aliphatic heterocycles. The van der Waals surface area contributed by atoms with E-state index >= 15 is 0 Å². The van der Waals surface area contributed by atoms with Crippen molar-refractivity contribution in [3.05, 3.63) is 112 Å². The normalized spacial score (nSPS) is 20.4. The van der Waals surface area contributed by atoms with Crippen LogP contribution < -0.4 is 4.90 Å². The molecule has 1 unspecified atom stereocenters. The third-order valence-electron chi connectivity index (χ3n) is 7.54. The van der Waals surface area contributed by atoms with Crippen molar-refractivity contribution >= 4 is 34.8 Å². The molecule has 1 aliphatic carbocycles. The van der Waals surface area contributed by atoms with Crippen LogP contribution in [-0.4, -0.2) is 23.0 Å². The van der Waals surface area contributed by atoms with Gasteiger partial charge >= 0.3 is 0 Å². The Morgan fingerprint density at radius 3 is 2.08 bits per heavy atom. The third-order valence-corrected chi connectivity index (χ3v) is 8.29. The molecule has 0 fully saturated rings. The lowest BCUT2D eigenvalue weighted by atomic mass is 9.67. The van der Waals surface area contributed by atoms with E-state index in [1.54, 1.807) is 11.8 Å². The van der Waals surface area contributed by atoms with Gasteiger partial charge in [-0.05, 0) is 61.8 Å². The third kappa shape index (κ3) is 4.71. The van der Waals surface area contributed by atoms with Gasteiger partial charge in [0.25, 0.3) is 0 Å². The Morgan fingerprint density at radius 1 is 0.921 bits per heavy atom. The first kappa shape index (κ1) is 26.1. The van der Waals surface area contributed by atoms with Gasteiger partial charge in [0.15, 0.2) is 5.78 Å². The number of benzene rings is 3. The maximum atomic E-state index is 14.0. The number of nitrogens with zero attached hydrogens (tertiary/aromatic N) is 1. The number of carbonyl (C=O) groups excluding carboxylic acids is 1. The van der Waals surface area contributed by atoms with Gasteiger partial charge in [0, 0.05) is 45.3 Å². The fraction of sp³-hybridized carbons (Fsp3) is 0.273. The fourth-order valence-corrected chi connectivity index (χ4v) is 6.00. The molecule has 0 bridgehead atoms. The molecule has 2 aliphatic rings. The van der Waals surface area contributed by atoms with Crippen molar-refractivity contribution in [1.82, 2.24) is 0 Å². The molecule has 0 radical (unpaired) electrons. The highest BCUT2D eigenvalue weighted by atomic mass is 32.2. The van der Waals surface area contributed by atoms with Crippen molar-refractivity contribution < 1.29 is 9.90 Å². The summed E-state index contributed by atoms with van der Waals surface area (Å²) in [5.74, 6) is -0.209. The number of aliphatic hydroxyl groups is 1. The van der Waals surface area contributed by atoms with Gasteiger partial charge in [-0.25, -0.2) is 0 Å². The predicted octanol–water partition coefficient (Wildman–Crippen LogP) is 8.22. The number of thioether (sulfide) groups is 1. The number of ketones is 1. The number of allylic oxidation sites excluding steroid dienone is 2. The van der Waals surface area contributed by atoms with E-state index < -0.39 is 5.92 Å². The number of rotatable bonds is 4. The number of hydrogen-bond acceptors (Lipinski definition) is 4. The average Bonchev–Trinajstić information content (AvgIpc) is 2.88. The van der Waals surface area contributed by atoms with E-state index in [4.69, 9.17) is 0 Å². The van der Waals surface area contributed by atoms with Crippen LogP contribution in [0, 0.1) is 24.7 Å². The first-order valence-corrected chi connectivity index (χ1v) is 14.2. The van der Waals surface area contributed by atoms with Crippen LogP contribution >= 0.6 is 11.8 Å². The first-order valence-electron chi connectivity index (χ1n) is 13.0. The highest BCUT2D eigenvalue weighted by molar-refractivity contribution is 7.98. The molecule has 1 heterocycles. The summed E-state index contributed by atoms with van der Waals surface area (Å²) in [6.45, 7) is 8.27. The average molecular weight is 523 g/mol. The summed E-state index contributed by atoms with van der Waals surface area (Å²) in [6, 6.07) is 23.9. The Bertz CT molecular complexity index is 1460. The maximum absolute atomic E-state index is 14.0. The maximum Gasteiger partial charge on any atom is 0.162 e. The molecule has 0 saturated carbocycles. The van der Waals surface area contributed by atoms with E-state index in [1.165, 1.54) is 0 Å². The predicted molar refractivity (Wildman–Crippen MR) is 158 cm³/mol. The Balaban J connectivity index is 1.83.